The molecule has 1 fully saturated rings. The molecule has 44 heavy (non-hydrogen) atoms. The van der Waals surface area contributed by atoms with Crippen molar-refractivity contribution in [1.29, 1.82) is 0 Å². The third-order valence-electron chi connectivity index (χ3n) is 7.43. The first-order valence-corrected chi connectivity index (χ1v) is 14.9. The number of alkyl halides is 3. The first kappa shape index (κ1) is 31.7. The highest BCUT2D eigenvalue weighted by atomic mass is 32.2. The Morgan fingerprint density at radius 2 is 1.68 bits per heavy atom. The third-order valence-corrected chi connectivity index (χ3v) is 9.10. The van der Waals surface area contributed by atoms with Crippen molar-refractivity contribution in [3.05, 3.63) is 48.0 Å². The SMILES string of the molecule is CO[C@@H]1[C@@H](OC)[C@H](C)O[C@@H](OC(=O)Nc2ccc3c(c2)S(=O)(=O)Cc2c-3nn(C)c2-c2ccc(OC(F)(F)F)cc2)[C@@H]1OC. The van der Waals surface area contributed by atoms with Crippen molar-refractivity contribution in [3.8, 4) is 28.3 Å². The number of sulfone groups is 1. The molecule has 0 aliphatic carbocycles. The zero-order valence-electron chi connectivity index (χ0n) is 24.2. The summed E-state index contributed by atoms with van der Waals surface area (Å²) in [6.07, 6.45) is -9.27. The lowest BCUT2D eigenvalue weighted by Crippen LogP contribution is -2.59. The predicted molar refractivity (Wildman–Crippen MR) is 148 cm³/mol. The maximum atomic E-state index is 13.5. The fourth-order valence-electron chi connectivity index (χ4n) is 5.58. The number of benzene rings is 2. The van der Waals surface area contributed by atoms with Gasteiger partial charge in [-0.15, -0.1) is 13.2 Å². The molecular weight excluding hydrogens is 611 g/mol. The van der Waals surface area contributed by atoms with Crippen LogP contribution in [-0.2, 0) is 46.3 Å². The highest BCUT2D eigenvalue weighted by Crippen LogP contribution is 2.43. The minimum Gasteiger partial charge on any atom is -0.416 e. The van der Waals surface area contributed by atoms with Gasteiger partial charge in [-0.05, 0) is 49.4 Å². The molecule has 238 valence electrons. The second kappa shape index (κ2) is 12.0. The summed E-state index contributed by atoms with van der Waals surface area (Å²) in [7, 11) is 2.08. The molecule has 0 saturated carbocycles. The number of rotatable bonds is 7. The van der Waals surface area contributed by atoms with Crippen LogP contribution in [0.5, 0.6) is 5.75 Å². The fourth-order valence-corrected chi connectivity index (χ4v) is 7.19. The van der Waals surface area contributed by atoms with Crippen molar-refractivity contribution < 1.29 is 54.8 Å². The molecule has 1 aromatic heterocycles. The van der Waals surface area contributed by atoms with Crippen molar-refractivity contribution in [2.24, 2.45) is 7.05 Å². The van der Waals surface area contributed by atoms with E-state index >= 15 is 0 Å². The van der Waals surface area contributed by atoms with E-state index in [1.807, 2.05) is 0 Å². The highest BCUT2D eigenvalue weighted by molar-refractivity contribution is 7.91. The Bertz CT molecular complexity index is 1640. The van der Waals surface area contributed by atoms with Gasteiger partial charge in [-0.3, -0.25) is 10.00 Å². The number of carbonyl (C=O) groups is 1. The summed E-state index contributed by atoms with van der Waals surface area (Å²) >= 11 is 0. The minimum atomic E-state index is -4.84. The molecule has 0 spiro atoms. The highest BCUT2D eigenvalue weighted by Gasteiger charge is 2.47. The lowest BCUT2D eigenvalue weighted by molar-refractivity contribution is -0.288. The van der Waals surface area contributed by atoms with Gasteiger partial charge in [0.25, 0.3) is 0 Å². The molecule has 2 aliphatic rings. The number of aromatic nitrogens is 2. The molecule has 0 unspecified atom stereocenters. The van der Waals surface area contributed by atoms with E-state index < -0.39 is 64.5 Å². The Labute approximate surface area is 250 Å². The van der Waals surface area contributed by atoms with E-state index in [2.05, 4.69) is 15.2 Å². The number of hydrogen-bond donors (Lipinski definition) is 1. The molecule has 1 saturated heterocycles. The van der Waals surface area contributed by atoms with Crippen LogP contribution in [0.1, 0.15) is 12.5 Å². The van der Waals surface area contributed by atoms with Crippen LogP contribution in [-0.4, -0.2) is 82.7 Å². The quantitative estimate of drug-likeness (QED) is 0.398. The molecule has 1 amide bonds. The molecule has 2 aromatic carbocycles. The molecule has 5 atom stereocenters. The van der Waals surface area contributed by atoms with Crippen molar-refractivity contribution in [2.45, 2.75) is 54.6 Å². The summed E-state index contributed by atoms with van der Waals surface area (Å²) in [5.41, 5.74) is 2.12. The van der Waals surface area contributed by atoms with E-state index in [0.29, 0.717) is 28.1 Å². The smallest absolute Gasteiger partial charge is 0.416 e. The zero-order chi connectivity index (χ0) is 32.0. The summed E-state index contributed by atoms with van der Waals surface area (Å²) in [6.45, 7) is 1.74. The number of amides is 1. The molecule has 0 radical (unpaired) electrons. The summed E-state index contributed by atoms with van der Waals surface area (Å²) < 4.78 is 97.7. The Hall–Kier alpha value is -3.70. The van der Waals surface area contributed by atoms with Gasteiger partial charge in [-0.25, -0.2) is 13.2 Å². The largest absolute Gasteiger partial charge is 0.573 e. The number of methoxy groups -OCH3 is 3. The number of carbonyl (C=O) groups excluding carboxylic acids is 1. The van der Waals surface area contributed by atoms with Gasteiger partial charge in [0, 0.05) is 50.8 Å². The van der Waals surface area contributed by atoms with Crippen LogP contribution in [0.25, 0.3) is 22.5 Å². The summed E-state index contributed by atoms with van der Waals surface area (Å²) in [5, 5.41) is 7.05. The third kappa shape index (κ3) is 6.12. The average molecular weight is 642 g/mol. The van der Waals surface area contributed by atoms with E-state index in [0.717, 1.165) is 12.1 Å². The number of nitrogens with zero attached hydrogens (tertiary/aromatic N) is 2. The number of fused-ring (bicyclic) bond motifs is 3. The molecular formula is C28H30F3N3O9S. The van der Waals surface area contributed by atoms with Gasteiger partial charge in [-0.2, -0.15) is 5.10 Å². The van der Waals surface area contributed by atoms with Gasteiger partial charge in [-0.1, -0.05) is 0 Å². The first-order valence-electron chi connectivity index (χ1n) is 13.3. The van der Waals surface area contributed by atoms with Crippen LogP contribution in [0.3, 0.4) is 0 Å². The van der Waals surface area contributed by atoms with Gasteiger partial charge in [0.2, 0.25) is 6.29 Å². The second-order valence-corrected chi connectivity index (χ2v) is 12.1. The molecule has 12 nitrogen and oxygen atoms in total. The summed E-state index contributed by atoms with van der Waals surface area (Å²) in [6, 6.07) is 9.40. The number of anilines is 1. The van der Waals surface area contributed by atoms with Crippen molar-refractivity contribution in [1.82, 2.24) is 9.78 Å². The van der Waals surface area contributed by atoms with Gasteiger partial charge >= 0.3 is 12.5 Å². The van der Waals surface area contributed by atoms with Crippen LogP contribution in [0.4, 0.5) is 23.7 Å². The summed E-state index contributed by atoms with van der Waals surface area (Å²) in [4.78, 5) is 12.8. The van der Waals surface area contributed by atoms with Gasteiger partial charge < -0.3 is 28.4 Å². The predicted octanol–water partition coefficient (Wildman–Crippen LogP) is 4.28. The lowest BCUT2D eigenvalue weighted by atomic mass is 9.99. The molecule has 0 bridgehead atoms. The molecule has 2 aliphatic heterocycles. The van der Waals surface area contributed by atoms with Gasteiger partial charge in [0.15, 0.2) is 9.84 Å². The number of hydrogen-bond acceptors (Lipinski definition) is 10. The van der Waals surface area contributed by atoms with Crippen LogP contribution in [0.15, 0.2) is 47.4 Å². The standard InChI is InChI=1S/C28H30F3N3O9S/c1-14-23(38-3)24(39-4)25(40-5)26(41-14)42-27(35)32-16-8-11-18-20(12-16)44(36,37)13-19-21(18)33-34(2)22(19)15-6-9-17(10-7-15)43-28(29,30)31/h6-12,14,23-26H,13H2,1-5H3,(H,32,35)/t14-,23-,24+,25+,26-/m0/s1. The number of nitrogens with one attached hydrogen (secondary N) is 1. The normalized spacial score (nSPS) is 24.2. The van der Waals surface area contributed by atoms with Crippen LogP contribution in [0.2, 0.25) is 0 Å². The van der Waals surface area contributed by atoms with Crippen molar-refractivity contribution in [3.63, 3.8) is 0 Å². The molecule has 1 N–H and O–H groups in total. The fraction of sp³-hybridized carbons (Fsp3) is 0.429. The molecule has 16 heteroatoms. The zero-order valence-corrected chi connectivity index (χ0v) is 25.1. The Morgan fingerprint density at radius 1 is 1.02 bits per heavy atom. The number of halogens is 3. The van der Waals surface area contributed by atoms with E-state index in [1.165, 1.54) is 56.3 Å². The Balaban J connectivity index is 1.38. The van der Waals surface area contributed by atoms with E-state index in [1.54, 1.807) is 14.0 Å². The summed E-state index contributed by atoms with van der Waals surface area (Å²) in [5.74, 6) is -0.830. The Morgan fingerprint density at radius 3 is 2.30 bits per heavy atom. The van der Waals surface area contributed by atoms with Crippen molar-refractivity contribution >= 4 is 21.6 Å². The number of ether oxygens (including phenoxy) is 6. The maximum Gasteiger partial charge on any atom is 0.573 e. The molecule has 3 heterocycles. The first-order chi connectivity index (χ1) is 20.8. The average Bonchev–Trinajstić information content (AvgIpc) is 3.27. The van der Waals surface area contributed by atoms with Crippen LogP contribution < -0.4 is 10.1 Å². The Kier molecular flexibility index (Phi) is 8.65. The maximum absolute atomic E-state index is 13.5. The van der Waals surface area contributed by atoms with Crippen LogP contribution >= 0.6 is 0 Å². The monoisotopic (exact) mass is 641 g/mol. The minimum absolute atomic E-state index is 0.0546. The molecule has 5 rings (SSSR count). The molecule has 3 aromatic rings. The van der Waals surface area contributed by atoms with E-state index in [-0.39, 0.29) is 10.6 Å². The van der Waals surface area contributed by atoms with Crippen LogP contribution in [0, 0.1) is 0 Å². The van der Waals surface area contributed by atoms with Gasteiger partial charge in [0.1, 0.15) is 24.1 Å². The lowest BCUT2D eigenvalue weighted by Gasteiger charge is -2.43. The number of aryl methyl sites for hydroxylation is 1. The van der Waals surface area contributed by atoms with Gasteiger partial charge in [0.05, 0.1) is 28.1 Å². The topological polar surface area (TPSA) is 136 Å². The van der Waals surface area contributed by atoms with Crippen molar-refractivity contribution in [2.75, 3.05) is 26.6 Å². The van der Waals surface area contributed by atoms with E-state index in [4.69, 9.17) is 23.7 Å². The second-order valence-electron chi connectivity index (χ2n) is 10.2. The van der Waals surface area contributed by atoms with E-state index in [9.17, 15) is 26.4 Å².